The highest BCUT2D eigenvalue weighted by atomic mass is 35.5. The zero-order chi connectivity index (χ0) is 25.3. The average molecular weight is 537 g/mol. The summed E-state index contributed by atoms with van der Waals surface area (Å²) in [5.41, 5.74) is 2.62. The molecule has 2 aromatic carbocycles. The Hall–Kier alpha value is -2.72. The number of likely N-dealkylation sites (tertiary alicyclic amines) is 1. The van der Waals surface area contributed by atoms with Crippen LogP contribution in [-0.2, 0) is 10.0 Å². The topological polar surface area (TPSA) is 105 Å². The lowest BCUT2D eigenvalue weighted by Gasteiger charge is -2.32. The van der Waals surface area contributed by atoms with Crippen molar-refractivity contribution in [3.63, 3.8) is 0 Å². The van der Waals surface area contributed by atoms with Gasteiger partial charge in [0.05, 0.1) is 22.0 Å². The Balaban J connectivity index is 1.60. The summed E-state index contributed by atoms with van der Waals surface area (Å²) in [6, 6.07) is 10.9. The Kier molecular flexibility index (Phi) is 7.32. The van der Waals surface area contributed by atoms with Gasteiger partial charge in [0.25, 0.3) is 15.9 Å². The Labute approximate surface area is 213 Å². The maximum atomic E-state index is 13.4. The fourth-order valence-corrected chi connectivity index (χ4v) is 5.00. The van der Waals surface area contributed by atoms with Crippen LogP contribution in [0.5, 0.6) is 0 Å². The maximum Gasteiger partial charge on any atom is 0.257 e. The second-order valence-corrected chi connectivity index (χ2v) is 10.8. The van der Waals surface area contributed by atoms with Crippen LogP contribution in [0, 0.1) is 12.7 Å². The number of benzene rings is 2. The third kappa shape index (κ3) is 5.75. The van der Waals surface area contributed by atoms with Gasteiger partial charge in [0, 0.05) is 30.4 Å². The van der Waals surface area contributed by atoms with E-state index in [4.69, 9.17) is 28.3 Å². The first-order valence-electron chi connectivity index (χ1n) is 10.8. The van der Waals surface area contributed by atoms with Crippen LogP contribution in [0.3, 0.4) is 0 Å². The first-order valence-corrected chi connectivity index (χ1v) is 13.1. The summed E-state index contributed by atoms with van der Waals surface area (Å²) < 4.78 is 37.1. The summed E-state index contributed by atoms with van der Waals surface area (Å²) in [5, 5.41) is 8.70. The Morgan fingerprint density at radius 1 is 1.09 bits per heavy atom. The lowest BCUT2D eigenvalue weighted by Crippen LogP contribution is -2.38. The molecule has 2 heterocycles. The monoisotopic (exact) mass is 536 g/mol. The van der Waals surface area contributed by atoms with Crippen molar-refractivity contribution in [2.45, 2.75) is 30.7 Å². The fraction of sp³-hybridized carbons (Fsp3) is 0.250. The standard InChI is InChI=1S/C24H23Cl2FN4O3S/c1-14-10-22(20(26)11-19(14)25)30-21-12-23(35(28,33)34)29-13-18(21)24(32)31-8-6-16(7-9-31)15-2-4-17(27)5-3-15/h2-5,10-13,16H,6-9H2,1H3,(H,29,30)(H2,28,33,34). The van der Waals surface area contributed by atoms with E-state index < -0.39 is 10.0 Å². The van der Waals surface area contributed by atoms with E-state index in [2.05, 4.69) is 10.3 Å². The van der Waals surface area contributed by atoms with Crippen molar-refractivity contribution in [1.82, 2.24) is 9.88 Å². The number of amides is 1. The van der Waals surface area contributed by atoms with E-state index in [1.807, 2.05) is 0 Å². The zero-order valence-corrected chi connectivity index (χ0v) is 21.1. The number of halogens is 3. The number of hydrogen-bond donors (Lipinski definition) is 2. The number of nitrogens with two attached hydrogens (primary N) is 1. The molecule has 1 aliphatic heterocycles. The second kappa shape index (κ2) is 10.1. The average Bonchev–Trinajstić information content (AvgIpc) is 2.82. The van der Waals surface area contributed by atoms with Crippen LogP contribution in [0.2, 0.25) is 10.0 Å². The minimum atomic E-state index is -4.11. The van der Waals surface area contributed by atoms with Crippen LogP contribution < -0.4 is 10.5 Å². The second-order valence-electron chi connectivity index (χ2n) is 8.44. The number of aromatic nitrogens is 1. The highest BCUT2D eigenvalue weighted by Crippen LogP contribution is 2.34. The molecule has 0 radical (unpaired) electrons. The van der Waals surface area contributed by atoms with Crippen molar-refractivity contribution in [3.8, 4) is 0 Å². The number of aryl methyl sites for hydroxylation is 1. The normalized spacial score (nSPS) is 14.7. The van der Waals surface area contributed by atoms with Crippen LogP contribution in [0.1, 0.15) is 40.2 Å². The van der Waals surface area contributed by atoms with E-state index in [0.29, 0.717) is 41.7 Å². The molecule has 1 aromatic heterocycles. The van der Waals surface area contributed by atoms with Gasteiger partial charge in [-0.15, -0.1) is 0 Å². The smallest absolute Gasteiger partial charge is 0.257 e. The predicted molar refractivity (Wildman–Crippen MR) is 134 cm³/mol. The Morgan fingerprint density at radius 2 is 1.74 bits per heavy atom. The highest BCUT2D eigenvalue weighted by Gasteiger charge is 2.27. The summed E-state index contributed by atoms with van der Waals surface area (Å²) in [4.78, 5) is 19.0. The molecule has 4 rings (SSSR count). The molecule has 184 valence electrons. The largest absolute Gasteiger partial charge is 0.354 e. The summed E-state index contributed by atoms with van der Waals surface area (Å²) in [6.45, 7) is 2.76. The number of nitrogens with one attached hydrogen (secondary N) is 1. The molecule has 0 atom stereocenters. The number of nitrogens with zero attached hydrogens (tertiary/aromatic N) is 2. The van der Waals surface area contributed by atoms with Crippen molar-refractivity contribution in [2.75, 3.05) is 18.4 Å². The quantitative estimate of drug-likeness (QED) is 0.463. The van der Waals surface area contributed by atoms with Crippen molar-refractivity contribution < 1.29 is 17.6 Å². The number of piperidine rings is 1. The van der Waals surface area contributed by atoms with Crippen molar-refractivity contribution in [3.05, 3.63) is 81.2 Å². The summed E-state index contributed by atoms with van der Waals surface area (Å²) in [5.74, 6) is -0.371. The van der Waals surface area contributed by atoms with Crippen molar-refractivity contribution in [2.24, 2.45) is 5.14 Å². The molecule has 1 saturated heterocycles. The number of primary sulfonamides is 1. The zero-order valence-electron chi connectivity index (χ0n) is 18.8. The van der Waals surface area contributed by atoms with Gasteiger partial charge in [-0.1, -0.05) is 35.3 Å². The van der Waals surface area contributed by atoms with E-state index in [9.17, 15) is 17.6 Å². The number of hydrogen-bond acceptors (Lipinski definition) is 5. The lowest BCUT2D eigenvalue weighted by molar-refractivity contribution is 0.0713. The van der Waals surface area contributed by atoms with E-state index in [0.717, 1.165) is 11.1 Å². The molecule has 7 nitrogen and oxygen atoms in total. The van der Waals surface area contributed by atoms with E-state index >= 15 is 0 Å². The Bertz CT molecular complexity index is 1380. The van der Waals surface area contributed by atoms with Crippen molar-refractivity contribution in [1.29, 1.82) is 0 Å². The Morgan fingerprint density at radius 3 is 2.37 bits per heavy atom. The summed E-state index contributed by atoms with van der Waals surface area (Å²) in [6.07, 6.45) is 2.63. The van der Waals surface area contributed by atoms with Gasteiger partial charge in [-0.2, -0.15) is 0 Å². The van der Waals surface area contributed by atoms with E-state index in [1.165, 1.54) is 24.4 Å². The number of carbonyl (C=O) groups is 1. The van der Waals surface area contributed by atoms with Gasteiger partial charge >= 0.3 is 0 Å². The third-order valence-electron chi connectivity index (χ3n) is 6.04. The van der Waals surface area contributed by atoms with Crippen LogP contribution in [0.4, 0.5) is 15.8 Å². The van der Waals surface area contributed by atoms with Crippen molar-refractivity contribution >= 4 is 50.5 Å². The molecule has 0 bridgehead atoms. The molecule has 0 unspecified atom stereocenters. The van der Waals surface area contributed by atoms with E-state index in [-0.39, 0.29) is 33.9 Å². The van der Waals surface area contributed by atoms with Gasteiger partial charge in [0.1, 0.15) is 5.82 Å². The van der Waals surface area contributed by atoms with Gasteiger partial charge in [-0.25, -0.2) is 22.9 Å². The van der Waals surface area contributed by atoms with Crippen LogP contribution in [-0.4, -0.2) is 37.3 Å². The predicted octanol–water partition coefficient (Wildman–Crippen LogP) is 5.25. The van der Waals surface area contributed by atoms with Gasteiger partial charge < -0.3 is 10.2 Å². The minimum absolute atomic E-state index is 0.182. The fourth-order valence-electron chi connectivity index (χ4n) is 4.08. The molecular weight excluding hydrogens is 514 g/mol. The molecule has 1 amide bonds. The number of carbonyl (C=O) groups excluding carboxylic acids is 1. The van der Waals surface area contributed by atoms with Gasteiger partial charge in [0.2, 0.25) is 0 Å². The molecule has 35 heavy (non-hydrogen) atoms. The third-order valence-corrected chi connectivity index (χ3v) is 7.57. The van der Waals surface area contributed by atoms with Gasteiger partial charge in [0.15, 0.2) is 5.03 Å². The molecule has 3 aromatic rings. The molecule has 0 aliphatic carbocycles. The van der Waals surface area contributed by atoms with Crippen LogP contribution in [0.15, 0.2) is 53.7 Å². The van der Waals surface area contributed by atoms with E-state index in [1.54, 1.807) is 36.1 Å². The lowest BCUT2D eigenvalue weighted by atomic mass is 9.89. The molecule has 1 aliphatic rings. The molecule has 0 spiro atoms. The molecular formula is C24H23Cl2FN4O3S. The number of sulfonamides is 1. The molecule has 11 heteroatoms. The van der Waals surface area contributed by atoms with Gasteiger partial charge in [-0.05, 0) is 61.1 Å². The summed E-state index contributed by atoms with van der Waals surface area (Å²) >= 11 is 12.4. The number of pyridine rings is 1. The summed E-state index contributed by atoms with van der Waals surface area (Å²) in [7, 11) is -4.11. The minimum Gasteiger partial charge on any atom is -0.354 e. The first kappa shape index (κ1) is 25.4. The highest BCUT2D eigenvalue weighted by molar-refractivity contribution is 7.89. The number of rotatable bonds is 5. The van der Waals surface area contributed by atoms with Crippen LogP contribution in [0.25, 0.3) is 0 Å². The maximum absolute atomic E-state index is 13.4. The molecule has 3 N–H and O–H groups in total. The molecule has 0 saturated carbocycles. The first-order chi connectivity index (χ1) is 16.5. The SMILES string of the molecule is Cc1cc(Nc2cc(S(N)(=O)=O)ncc2C(=O)N2CCC(c3ccc(F)cc3)CC2)c(Cl)cc1Cl. The number of anilines is 2. The van der Waals surface area contributed by atoms with Gasteiger partial charge in [-0.3, -0.25) is 4.79 Å². The van der Waals surface area contributed by atoms with Crippen LogP contribution >= 0.6 is 23.2 Å². The molecule has 1 fully saturated rings.